The van der Waals surface area contributed by atoms with E-state index in [0.717, 1.165) is 18.4 Å². The first-order valence-corrected chi connectivity index (χ1v) is 9.21. The Balaban J connectivity index is 1.76. The van der Waals surface area contributed by atoms with E-state index in [-0.39, 0.29) is 41.8 Å². The van der Waals surface area contributed by atoms with Crippen molar-refractivity contribution < 1.29 is 24.9 Å². The quantitative estimate of drug-likeness (QED) is 0.676. The Morgan fingerprint density at radius 3 is 2.68 bits per heavy atom. The largest absolute Gasteiger partial charge is 0.479 e. The molecular weight excluding hydrogens is 320 g/mol. The summed E-state index contributed by atoms with van der Waals surface area (Å²) in [4.78, 5) is 23.6. The SMILES string of the molecule is C[C@]12C=CC(=O)C=C1CC[C@@H]1[C@H]2[C@H](O)C[C@]2(C)[C@H]1CC[C@]2(O)C(=O)O. The number of hydrogen-bond acceptors (Lipinski definition) is 4. The maximum Gasteiger partial charge on any atom is 0.336 e. The molecule has 0 heterocycles. The van der Waals surface area contributed by atoms with Gasteiger partial charge in [0.05, 0.1) is 6.10 Å². The molecule has 3 N–H and O–H groups in total. The smallest absolute Gasteiger partial charge is 0.336 e. The number of aliphatic hydroxyl groups is 2. The molecule has 5 heteroatoms. The fourth-order valence-corrected chi connectivity index (χ4v) is 6.68. The summed E-state index contributed by atoms with van der Waals surface area (Å²) in [6, 6.07) is 0. The zero-order valence-corrected chi connectivity index (χ0v) is 14.7. The van der Waals surface area contributed by atoms with Gasteiger partial charge in [-0.15, -0.1) is 0 Å². The van der Waals surface area contributed by atoms with Crippen LogP contribution in [0.2, 0.25) is 0 Å². The van der Waals surface area contributed by atoms with Crippen molar-refractivity contribution in [3.05, 3.63) is 23.8 Å². The lowest BCUT2D eigenvalue weighted by molar-refractivity contribution is -0.192. The molecule has 0 aliphatic heterocycles. The lowest BCUT2D eigenvalue weighted by Gasteiger charge is -2.59. The highest BCUT2D eigenvalue weighted by Crippen LogP contribution is 2.66. The van der Waals surface area contributed by atoms with Crippen molar-refractivity contribution in [3.63, 3.8) is 0 Å². The number of carbonyl (C=O) groups is 2. The number of carboxylic acid groups (broad SMARTS) is 1. The van der Waals surface area contributed by atoms with Gasteiger partial charge in [0.2, 0.25) is 0 Å². The van der Waals surface area contributed by atoms with Gasteiger partial charge in [0.15, 0.2) is 11.4 Å². The third-order valence-corrected chi connectivity index (χ3v) is 8.00. The van der Waals surface area contributed by atoms with E-state index >= 15 is 0 Å². The molecule has 4 aliphatic carbocycles. The number of rotatable bonds is 1. The van der Waals surface area contributed by atoms with Gasteiger partial charge in [-0.05, 0) is 56.1 Å². The Bertz CT molecular complexity index is 709. The molecule has 0 amide bonds. The summed E-state index contributed by atoms with van der Waals surface area (Å²) in [7, 11) is 0. The third kappa shape index (κ3) is 1.97. The Morgan fingerprint density at radius 1 is 1.28 bits per heavy atom. The van der Waals surface area contributed by atoms with Gasteiger partial charge < -0.3 is 15.3 Å². The van der Waals surface area contributed by atoms with Crippen LogP contribution in [0, 0.1) is 28.6 Å². The molecular formula is C20H26O5. The number of carbonyl (C=O) groups excluding carboxylic acids is 1. The number of allylic oxidation sites excluding steroid dienone is 4. The van der Waals surface area contributed by atoms with Crippen molar-refractivity contribution in [1.82, 2.24) is 0 Å². The van der Waals surface area contributed by atoms with Gasteiger partial charge in [0.1, 0.15) is 0 Å². The van der Waals surface area contributed by atoms with Crippen LogP contribution >= 0.6 is 0 Å². The number of fused-ring (bicyclic) bond motifs is 5. The topological polar surface area (TPSA) is 94.8 Å². The third-order valence-electron chi connectivity index (χ3n) is 8.00. The maximum absolute atomic E-state index is 11.8. The number of aliphatic hydroxyl groups excluding tert-OH is 1. The molecule has 4 rings (SSSR count). The molecule has 0 radical (unpaired) electrons. The first-order valence-electron chi connectivity index (χ1n) is 9.21. The lowest BCUT2D eigenvalue weighted by Crippen LogP contribution is -2.61. The molecule has 25 heavy (non-hydrogen) atoms. The number of ketones is 1. The summed E-state index contributed by atoms with van der Waals surface area (Å²) in [5, 5.41) is 31.6. The van der Waals surface area contributed by atoms with Gasteiger partial charge in [0, 0.05) is 16.7 Å². The standard InChI is InChI=1S/C20H26O5/c1-18-7-5-12(21)9-11(18)3-4-13-14-6-8-20(25,17(23)24)19(14,2)10-15(22)16(13)18/h5,7,9,13-16,22,25H,3-4,6,8,10H2,1-2H3,(H,23,24)/t13-,14-,15+,16-,18-,19+,20-/m0/s1. The highest BCUT2D eigenvalue weighted by atomic mass is 16.4. The van der Waals surface area contributed by atoms with Crippen LogP contribution in [-0.4, -0.2) is 38.8 Å². The summed E-state index contributed by atoms with van der Waals surface area (Å²) in [5.41, 5.74) is -1.86. The molecule has 0 bridgehead atoms. The molecule has 7 atom stereocenters. The molecule has 5 nitrogen and oxygen atoms in total. The molecule has 0 aromatic carbocycles. The van der Waals surface area contributed by atoms with E-state index in [1.807, 2.05) is 13.0 Å². The predicted octanol–water partition coefficient (Wildman–Crippen LogP) is 2.08. The second kappa shape index (κ2) is 5.04. The fraction of sp³-hybridized carbons (Fsp3) is 0.700. The molecule has 3 fully saturated rings. The second-order valence-electron chi connectivity index (χ2n) is 8.92. The van der Waals surface area contributed by atoms with E-state index in [1.54, 1.807) is 12.2 Å². The van der Waals surface area contributed by atoms with Crippen LogP contribution in [0.3, 0.4) is 0 Å². The van der Waals surface area contributed by atoms with Gasteiger partial charge in [-0.2, -0.15) is 0 Å². The molecule has 0 spiro atoms. The van der Waals surface area contributed by atoms with E-state index in [2.05, 4.69) is 6.92 Å². The summed E-state index contributed by atoms with van der Waals surface area (Å²) >= 11 is 0. The van der Waals surface area contributed by atoms with Gasteiger partial charge in [-0.1, -0.05) is 25.5 Å². The van der Waals surface area contributed by atoms with Crippen molar-refractivity contribution in [1.29, 1.82) is 0 Å². The normalized spacial score (nSPS) is 51.4. The van der Waals surface area contributed by atoms with Gasteiger partial charge in [-0.25, -0.2) is 4.79 Å². The molecule has 136 valence electrons. The van der Waals surface area contributed by atoms with Crippen LogP contribution in [0.15, 0.2) is 23.8 Å². The average Bonchev–Trinajstić information content (AvgIpc) is 2.80. The van der Waals surface area contributed by atoms with Crippen LogP contribution in [0.5, 0.6) is 0 Å². The first kappa shape index (κ1) is 17.0. The molecule has 0 aromatic heterocycles. The summed E-state index contributed by atoms with van der Waals surface area (Å²) in [5.74, 6) is -0.976. The van der Waals surface area contributed by atoms with Gasteiger partial charge in [0.25, 0.3) is 0 Å². The van der Waals surface area contributed by atoms with Crippen molar-refractivity contribution in [2.75, 3.05) is 0 Å². The monoisotopic (exact) mass is 346 g/mol. The van der Waals surface area contributed by atoms with Crippen LogP contribution < -0.4 is 0 Å². The Kier molecular flexibility index (Phi) is 3.42. The van der Waals surface area contributed by atoms with Crippen LogP contribution in [0.1, 0.15) is 46.0 Å². The molecule has 4 aliphatic rings. The minimum Gasteiger partial charge on any atom is -0.479 e. The van der Waals surface area contributed by atoms with E-state index < -0.39 is 23.1 Å². The number of carboxylic acids is 1. The molecule has 3 saturated carbocycles. The highest BCUT2D eigenvalue weighted by Gasteiger charge is 2.68. The minimum absolute atomic E-state index is 0.00202. The van der Waals surface area contributed by atoms with Crippen LogP contribution in [0.25, 0.3) is 0 Å². The van der Waals surface area contributed by atoms with E-state index in [1.165, 1.54) is 0 Å². The average molecular weight is 346 g/mol. The number of hydrogen-bond donors (Lipinski definition) is 3. The molecule has 0 aromatic rings. The van der Waals surface area contributed by atoms with Crippen LogP contribution in [-0.2, 0) is 9.59 Å². The molecule has 0 saturated heterocycles. The lowest BCUT2D eigenvalue weighted by atomic mass is 9.46. The number of aliphatic carboxylic acids is 1. The van der Waals surface area contributed by atoms with Crippen molar-refractivity contribution in [3.8, 4) is 0 Å². The maximum atomic E-state index is 11.8. The summed E-state index contributed by atoms with van der Waals surface area (Å²) in [6.07, 6.45) is 7.37. The zero-order chi connectivity index (χ0) is 18.2. The molecule has 0 unspecified atom stereocenters. The Morgan fingerprint density at radius 2 is 2.00 bits per heavy atom. The van der Waals surface area contributed by atoms with Crippen molar-refractivity contribution in [2.45, 2.75) is 57.7 Å². The van der Waals surface area contributed by atoms with Crippen molar-refractivity contribution in [2.24, 2.45) is 28.6 Å². The van der Waals surface area contributed by atoms with E-state index in [4.69, 9.17) is 0 Å². The van der Waals surface area contributed by atoms with E-state index in [9.17, 15) is 24.9 Å². The second-order valence-corrected chi connectivity index (χ2v) is 8.92. The van der Waals surface area contributed by atoms with Crippen LogP contribution in [0.4, 0.5) is 0 Å². The van der Waals surface area contributed by atoms with Gasteiger partial charge >= 0.3 is 5.97 Å². The summed E-state index contributed by atoms with van der Waals surface area (Å²) in [6.45, 7) is 3.93. The van der Waals surface area contributed by atoms with Crippen molar-refractivity contribution >= 4 is 11.8 Å². The Labute approximate surface area is 147 Å². The highest BCUT2D eigenvalue weighted by molar-refractivity contribution is 6.01. The summed E-state index contributed by atoms with van der Waals surface area (Å²) < 4.78 is 0. The Hall–Kier alpha value is -1.46. The predicted molar refractivity (Wildman–Crippen MR) is 90.6 cm³/mol. The van der Waals surface area contributed by atoms with E-state index in [0.29, 0.717) is 6.42 Å². The van der Waals surface area contributed by atoms with Gasteiger partial charge in [-0.3, -0.25) is 4.79 Å². The zero-order valence-electron chi connectivity index (χ0n) is 14.7. The fourth-order valence-electron chi connectivity index (χ4n) is 6.68. The first-order chi connectivity index (χ1) is 11.6. The minimum atomic E-state index is -1.76.